The van der Waals surface area contributed by atoms with Gasteiger partial charge in [-0.05, 0) is 32.9 Å². The minimum absolute atomic E-state index is 0.0812. The van der Waals surface area contributed by atoms with Crippen LogP contribution >= 0.6 is 0 Å². The lowest BCUT2D eigenvalue weighted by molar-refractivity contribution is -0.143. The third kappa shape index (κ3) is 5.46. The average molecular weight is 272 g/mol. The van der Waals surface area contributed by atoms with Crippen molar-refractivity contribution in [1.82, 2.24) is 9.80 Å². The fourth-order valence-corrected chi connectivity index (χ4v) is 2.13. The molecule has 0 radical (unpaired) electrons. The first-order chi connectivity index (χ1) is 8.90. The predicted octanol–water partition coefficient (Wildman–Crippen LogP) is 1.31. The van der Waals surface area contributed by atoms with Crippen molar-refractivity contribution in [2.24, 2.45) is 5.92 Å². The first-order valence-electron chi connectivity index (χ1n) is 6.61. The molecule has 19 heavy (non-hydrogen) atoms. The van der Waals surface area contributed by atoms with Crippen molar-refractivity contribution in [2.45, 2.75) is 32.7 Å². The number of hydrogen-bond acceptors (Lipinski definition) is 5. The minimum Gasteiger partial charge on any atom is -0.464 e. The monoisotopic (exact) mass is 272 g/mol. The van der Waals surface area contributed by atoms with Crippen LogP contribution in [-0.4, -0.2) is 61.9 Å². The minimum atomic E-state index is -0.335. The van der Waals surface area contributed by atoms with Gasteiger partial charge in [-0.2, -0.15) is 0 Å². The van der Waals surface area contributed by atoms with E-state index in [2.05, 4.69) is 6.92 Å². The Morgan fingerprint density at radius 2 is 2.00 bits per heavy atom. The lowest BCUT2D eigenvalue weighted by Crippen LogP contribution is -2.48. The van der Waals surface area contributed by atoms with E-state index in [4.69, 9.17) is 9.47 Å². The molecule has 0 aromatic rings. The van der Waals surface area contributed by atoms with Gasteiger partial charge in [-0.1, -0.05) is 6.92 Å². The molecule has 1 fully saturated rings. The normalized spacial score (nSPS) is 23.3. The van der Waals surface area contributed by atoms with Crippen LogP contribution < -0.4 is 0 Å². The van der Waals surface area contributed by atoms with Crippen molar-refractivity contribution in [3.05, 3.63) is 0 Å². The maximum absolute atomic E-state index is 12.0. The second-order valence-corrected chi connectivity index (χ2v) is 5.40. The van der Waals surface area contributed by atoms with Crippen molar-refractivity contribution in [2.75, 3.05) is 34.0 Å². The molecule has 0 aromatic carbocycles. The highest BCUT2D eigenvalue weighted by Crippen LogP contribution is 2.23. The second-order valence-electron chi connectivity index (χ2n) is 5.40. The van der Waals surface area contributed by atoms with Crippen LogP contribution in [0.2, 0.25) is 0 Å². The number of ether oxygens (including phenoxy) is 2. The summed E-state index contributed by atoms with van der Waals surface area (Å²) in [7, 11) is 3.67. The summed E-state index contributed by atoms with van der Waals surface area (Å²) in [5, 5.41) is 0. The first-order valence-corrected chi connectivity index (χ1v) is 6.61. The number of rotatable bonds is 4. The van der Waals surface area contributed by atoms with Crippen molar-refractivity contribution < 1.29 is 19.1 Å². The van der Waals surface area contributed by atoms with Crippen LogP contribution in [0, 0.1) is 5.92 Å². The van der Waals surface area contributed by atoms with Crippen LogP contribution in [0.1, 0.15) is 26.7 Å². The Balaban J connectivity index is 2.55. The fourth-order valence-electron chi connectivity index (χ4n) is 2.13. The number of carbonyl (C=O) groups excluding carboxylic acids is 2. The molecule has 1 heterocycles. The van der Waals surface area contributed by atoms with E-state index in [1.54, 1.807) is 9.80 Å². The van der Waals surface area contributed by atoms with E-state index < -0.39 is 0 Å². The summed E-state index contributed by atoms with van der Waals surface area (Å²) in [4.78, 5) is 26.4. The summed E-state index contributed by atoms with van der Waals surface area (Å²) in [5.41, 5.74) is 0. The van der Waals surface area contributed by atoms with Crippen LogP contribution in [-0.2, 0) is 14.3 Å². The van der Waals surface area contributed by atoms with Crippen molar-refractivity contribution in [3.63, 3.8) is 0 Å². The molecule has 110 valence electrons. The molecule has 0 bridgehead atoms. The molecule has 1 rings (SSSR count). The molecule has 0 N–H and O–H groups in total. The molecule has 6 nitrogen and oxygen atoms in total. The molecule has 1 amide bonds. The molecule has 0 spiro atoms. The summed E-state index contributed by atoms with van der Waals surface area (Å²) in [6.07, 6.45) is 1.45. The van der Waals surface area contributed by atoms with Crippen LogP contribution in [0.25, 0.3) is 0 Å². The Morgan fingerprint density at radius 1 is 1.32 bits per heavy atom. The zero-order chi connectivity index (χ0) is 14.4. The fraction of sp³-hybridized carbons (Fsp3) is 0.846. The summed E-state index contributed by atoms with van der Waals surface area (Å²) >= 11 is 0. The molecule has 2 atom stereocenters. The number of hydrogen-bond donors (Lipinski definition) is 0. The average Bonchev–Trinajstić information content (AvgIpc) is 2.33. The number of piperidine rings is 1. The van der Waals surface area contributed by atoms with Gasteiger partial charge in [0, 0.05) is 13.5 Å². The van der Waals surface area contributed by atoms with E-state index >= 15 is 0 Å². The molecule has 0 aromatic heterocycles. The Bertz CT molecular complexity index is 320. The lowest BCUT2D eigenvalue weighted by Gasteiger charge is -2.37. The van der Waals surface area contributed by atoms with Gasteiger partial charge in [0.2, 0.25) is 0 Å². The van der Waals surface area contributed by atoms with Gasteiger partial charge >= 0.3 is 12.1 Å². The van der Waals surface area contributed by atoms with Crippen molar-refractivity contribution in [3.8, 4) is 0 Å². The zero-order valence-corrected chi connectivity index (χ0v) is 12.2. The van der Waals surface area contributed by atoms with E-state index in [9.17, 15) is 9.59 Å². The first kappa shape index (κ1) is 15.8. The molecule has 1 saturated heterocycles. The Kier molecular flexibility index (Phi) is 6.08. The van der Waals surface area contributed by atoms with Crippen LogP contribution in [0.3, 0.4) is 0 Å². The molecule has 1 aliphatic rings. The third-order valence-electron chi connectivity index (χ3n) is 3.14. The number of carbonyl (C=O) groups is 2. The maximum atomic E-state index is 12.0. The van der Waals surface area contributed by atoms with Crippen LogP contribution in [0.5, 0.6) is 0 Å². The summed E-state index contributed by atoms with van der Waals surface area (Å²) in [6.45, 7) is 4.67. The van der Waals surface area contributed by atoms with Gasteiger partial charge in [0.1, 0.15) is 13.3 Å². The number of esters is 1. The van der Waals surface area contributed by atoms with Gasteiger partial charge in [0.25, 0.3) is 0 Å². The largest absolute Gasteiger partial charge is 0.464 e. The molecular formula is C13H24N2O4. The molecular weight excluding hydrogens is 248 g/mol. The van der Waals surface area contributed by atoms with E-state index in [1.165, 1.54) is 6.92 Å². The van der Waals surface area contributed by atoms with E-state index in [0.717, 1.165) is 12.8 Å². The van der Waals surface area contributed by atoms with Crippen molar-refractivity contribution >= 4 is 12.1 Å². The highest BCUT2D eigenvalue weighted by Gasteiger charge is 2.31. The molecule has 0 saturated carbocycles. The van der Waals surface area contributed by atoms with Crippen LogP contribution in [0.15, 0.2) is 0 Å². The predicted molar refractivity (Wildman–Crippen MR) is 70.6 cm³/mol. The SMILES string of the molecule is CC(=O)OCC1CC(C)CCN1C(=O)OCN(C)C. The van der Waals surface area contributed by atoms with Gasteiger partial charge in [-0.15, -0.1) is 0 Å². The highest BCUT2D eigenvalue weighted by atomic mass is 16.6. The maximum Gasteiger partial charge on any atom is 0.411 e. The van der Waals surface area contributed by atoms with Gasteiger partial charge in [-0.3, -0.25) is 9.69 Å². The zero-order valence-electron chi connectivity index (χ0n) is 12.2. The van der Waals surface area contributed by atoms with E-state index in [1.807, 2.05) is 14.1 Å². The highest BCUT2D eigenvalue weighted by molar-refractivity contribution is 5.68. The quantitative estimate of drug-likeness (QED) is 0.570. The Hall–Kier alpha value is -1.30. The summed E-state index contributed by atoms with van der Waals surface area (Å²) < 4.78 is 10.2. The molecule has 1 aliphatic heterocycles. The molecule has 0 aliphatic carbocycles. The second kappa shape index (κ2) is 7.33. The summed E-state index contributed by atoms with van der Waals surface area (Å²) in [6, 6.07) is -0.0812. The topological polar surface area (TPSA) is 59.1 Å². The van der Waals surface area contributed by atoms with E-state index in [0.29, 0.717) is 12.5 Å². The van der Waals surface area contributed by atoms with Crippen molar-refractivity contribution in [1.29, 1.82) is 0 Å². The van der Waals surface area contributed by atoms with Gasteiger partial charge in [-0.25, -0.2) is 4.79 Å². The van der Waals surface area contributed by atoms with Gasteiger partial charge in [0.05, 0.1) is 6.04 Å². The van der Waals surface area contributed by atoms with Crippen LogP contribution in [0.4, 0.5) is 4.79 Å². The Morgan fingerprint density at radius 3 is 2.58 bits per heavy atom. The number of amides is 1. The van der Waals surface area contributed by atoms with E-state index in [-0.39, 0.29) is 31.4 Å². The number of nitrogens with zero attached hydrogens (tertiary/aromatic N) is 2. The molecule has 2 unspecified atom stereocenters. The summed E-state index contributed by atoms with van der Waals surface area (Å²) in [5.74, 6) is 0.207. The standard InChI is InChI=1S/C13H24N2O4/c1-10-5-6-15(13(17)19-9-14(3)4)12(7-10)8-18-11(2)16/h10,12H,5-9H2,1-4H3. The molecule has 6 heteroatoms. The van der Waals surface area contributed by atoms with Gasteiger partial charge in [0.15, 0.2) is 0 Å². The third-order valence-corrected chi connectivity index (χ3v) is 3.14. The number of likely N-dealkylation sites (tertiary alicyclic amines) is 1. The Labute approximate surface area is 114 Å². The lowest BCUT2D eigenvalue weighted by atomic mass is 9.93. The smallest absolute Gasteiger partial charge is 0.411 e. The van der Waals surface area contributed by atoms with Gasteiger partial charge < -0.3 is 14.4 Å².